The number of hydrogen-bond donors (Lipinski definition) is 2. The van der Waals surface area contributed by atoms with Crippen molar-refractivity contribution in [3.63, 3.8) is 0 Å². The average molecular weight is 341 g/mol. The highest BCUT2D eigenvalue weighted by Gasteiger charge is 2.28. The summed E-state index contributed by atoms with van der Waals surface area (Å²) in [4.78, 5) is 22.3. The monoisotopic (exact) mass is 341 g/mol. The van der Waals surface area contributed by atoms with Gasteiger partial charge in [-0.2, -0.15) is 0 Å². The number of rotatable bonds is 3. The highest BCUT2D eigenvalue weighted by molar-refractivity contribution is 5.99. The quantitative estimate of drug-likeness (QED) is 0.643. The van der Waals surface area contributed by atoms with Gasteiger partial charge in [-0.1, -0.05) is 13.8 Å². The van der Waals surface area contributed by atoms with E-state index in [0.717, 1.165) is 17.7 Å². The van der Waals surface area contributed by atoms with Gasteiger partial charge in [0.25, 0.3) is 5.69 Å². The van der Waals surface area contributed by atoms with Crippen molar-refractivity contribution in [1.29, 1.82) is 0 Å². The number of nitro benzene ring substituents is 1. The van der Waals surface area contributed by atoms with Gasteiger partial charge in [0.05, 0.1) is 11.5 Å². The summed E-state index contributed by atoms with van der Waals surface area (Å²) < 4.78 is 5.66. The van der Waals surface area contributed by atoms with Gasteiger partial charge in [0.1, 0.15) is 5.75 Å². The molecule has 0 saturated carbocycles. The molecule has 3 rings (SSSR count). The second-order valence-corrected chi connectivity index (χ2v) is 6.58. The van der Waals surface area contributed by atoms with Crippen molar-refractivity contribution in [1.82, 2.24) is 0 Å². The van der Waals surface area contributed by atoms with Crippen LogP contribution in [0, 0.1) is 10.1 Å². The molecule has 2 aromatic rings. The lowest BCUT2D eigenvalue weighted by Gasteiger charge is -2.32. The summed E-state index contributed by atoms with van der Waals surface area (Å²) in [5, 5.41) is 16.1. The largest absolute Gasteiger partial charge is 0.493 e. The fourth-order valence-corrected chi connectivity index (χ4v) is 2.77. The number of benzene rings is 2. The van der Waals surface area contributed by atoms with E-state index < -0.39 is 11.0 Å². The van der Waals surface area contributed by atoms with E-state index in [2.05, 4.69) is 24.5 Å². The maximum absolute atomic E-state index is 12.1. The summed E-state index contributed by atoms with van der Waals surface area (Å²) in [6.45, 7) is 4.98. The minimum absolute atomic E-state index is 0.0138. The summed E-state index contributed by atoms with van der Waals surface area (Å²) >= 11 is 0. The Morgan fingerprint density at radius 1 is 1.12 bits per heavy atom. The van der Waals surface area contributed by atoms with Gasteiger partial charge in [-0.15, -0.1) is 0 Å². The molecule has 25 heavy (non-hydrogen) atoms. The minimum atomic E-state index is -0.485. The summed E-state index contributed by atoms with van der Waals surface area (Å²) in [5.74, 6) is 0.845. The molecule has 0 aliphatic carbocycles. The molecule has 0 fully saturated rings. The second kappa shape index (κ2) is 6.43. The Labute approximate surface area is 145 Å². The van der Waals surface area contributed by atoms with E-state index in [1.807, 2.05) is 12.1 Å². The third kappa shape index (κ3) is 3.71. The predicted octanol–water partition coefficient (Wildman–Crippen LogP) is 4.30. The molecule has 1 aliphatic rings. The molecule has 0 saturated heterocycles. The number of carbonyl (C=O) groups excluding carboxylic acids is 1. The van der Waals surface area contributed by atoms with E-state index in [1.54, 1.807) is 6.07 Å². The van der Waals surface area contributed by atoms with Gasteiger partial charge < -0.3 is 15.4 Å². The molecule has 0 aromatic heterocycles. The van der Waals surface area contributed by atoms with Crippen molar-refractivity contribution < 1.29 is 14.5 Å². The maximum atomic E-state index is 12.1. The summed E-state index contributed by atoms with van der Waals surface area (Å²) in [5.41, 5.74) is 2.16. The first kappa shape index (κ1) is 16.8. The number of carbonyl (C=O) groups is 1. The molecule has 130 valence electrons. The molecule has 0 radical (unpaired) electrons. The zero-order chi connectivity index (χ0) is 18.0. The molecule has 0 unspecified atom stereocenters. The fraction of sp³-hybridized carbons (Fsp3) is 0.278. The first-order chi connectivity index (χ1) is 11.8. The Balaban J connectivity index is 1.70. The molecule has 7 heteroatoms. The lowest BCUT2D eigenvalue weighted by Crippen LogP contribution is -2.27. The van der Waals surface area contributed by atoms with Crippen LogP contribution in [-0.2, 0) is 5.41 Å². The number of nitro groups is 1. The van der Waals surface area contributed by atoms with Crippen molar-refractivity contribution in [2.75, 3.05) is 17.2 Å². The standard InChI is InChI=1S/C18H19N3O4/c1-18(2)9-10-25-16-8-5-13(11-15(16)18)20-17(22)19-12-3-6-14(7-4-12)21(23)24/h3-8,11H,9-10H2,1-2H3,(H2,19,20,22). The van der Waals surface area contributed by atoms with Gasteiger partial charge in [-0.3, -0.25) is 10.1 Å². The molecule has 0 spiro atoms. The average Bonchev–Trinajstić information content (AvgIpc) is 2.55. The van der Waals surface area contributed by atoms with E-state index in [9.17, 15) is 14.9 Å². The van der Waals surface area contributed by atoms with Crippen LogP contribution in [0.4, 0.5) is 21.9 Å². The SMILES string of the molecule is CC1(C)CCOc2ccc(NC(=O)Nc3ccc([N+](=O)[O-])cc3)cc21. The van der Waals surface area contributed by atoms with Gasteiger partial charge in [0, 0.05) is 29.1 Å². The number of anilines is 2. The Morgan fingerprint density at radius 3 is 2.44 bits per heavy atom. The third-order valence-electron chi connectivity index (χ3n) is 4.29. The van der Waals surface area contributed by atoms with Crippen molar-refractivity contribution in [3.8, 4) is 5.75 Å². The first-order valence-electron chi connectivity index (χ1n) is 7.95. The van der Waals surface area contributed by atoms with Crippen molar-refractivity contribution >= 4 is 23.1 Å². The Hall–Kier alpha value is -3.09. The number of urea groups is 1. The smallest absolute Gasteiger partial charge is 0.323 e. The number of nitrogens with one attached hydrogen (secondary N) is 2. The molecular formula is C18H19N3O4. The normalized spacial score (nSPS) is 14.8. The lowest BCUT2D eigenvalue weighted by molar-refractivity contribution is -0.384. The summed E-state index contributed by atoms with van der Waals surface area (Å²) in [6.07, 6.45) is 0.915. The second-order valence-electron chi connectivity index (χ2n) is 6.58. The zero-order valence-corrected chi connectivity index (χ0v) is 14.0. The van der Waals surface area contributed by atoms with Gasteiger partial charge in [-0.25, -0.2) is 4.79 Å². The zero-order valence-electron chi connectivity index (χ0n) is 14.0. The van der Waals surface area contributed by atoms with Crippen LogP contribution < -0.4 is 15.4 Å². The topological polar surface area (TPSA) is 93.5 Å². The highest BCUT2D eigenvalue weighted by atomic mass is 16.6. The molecular weight excluding hydrogens is 322 g/mol. The van der Waals surface area contributed by atoms with E-state index in [-0.39, 0.29) is 11.1 Å². The van der Waals surface area contributed by atoms with E-state index in [0.29, 0.717) is 18.0 Å². The fourth-order valence-electron chi connectivity index (χ4n) is 2.77. The van der Waals surface area contributed by atoms with Crippen LogP contribution in [0.15, 0.2) is 42.5 Å². The van der Waals surface area contributed by atoms with Crippen molar-refractivity contribution in [2.45, 2.75) is 25.7 Å². The van der Waals surface area contributed by atoms with Gasteiger partial charge >= 0.3 is 6.03 Å². The number of ether oxygens (including phenoxy) is 1. The number of fused-ring (bicyclic) bond motifs is 1. The molecule has 1 heterocycles. The van der Waals surface area contributed by atoms with E-state index in [1.165, 1.54) is 24.3 Å². The first-order valence-corrected chi connectivity index (χ1v) is 7.95. The van der Waals surface area contributed by atoms with Crippen LogP contribution in [0.3, 0.4) is 0 Å². The lowest BCUT2D eigenvalue weighted by atomic mass is 9.80. The Kier molecular flexibility index (Phi) is 4.31. The van der Waals surface area contributed by atoms with Crippen molar-refractivity contribution in [2.24, 2.45) is 0 Å². The van der Waals surface area contributed by atoms with Crippen LogP contribution in [0.2, 0.25) is 0 Å². The molecule has 2 N–H and O–H groups in total. The Morgan fingerprint density at radius 2 is 1.76 bits per heavy atom. The van der Waals surface area contributed by atoms with Crippen LogP contribution in [0.5, 0.6) is 5.75 Å². The Bertz CT molecular complexity index is 816. The van der Waals surface area contributed by atoms with Gasteiger partial charge in [0.2, 0.25) is 0 Å². The van der Waals surface area contributed by atoms with E-state index >= 15 is 0 Å². The predicted molar refractivity (Wildman–Crippen MR) is 95.3 cm³/mol. The molecule has 0 bridgehead atoms. The number of non-ortho nitro benzene ring substituents is 1. The van der Waals surface area contributed by atoms with Gasteiger partial charge in [-0.05, 0) is 42.2 Å². The van der Waals surface area contributed by atoms with Crippen LogP contribution in [0.1, 0.15) is 25.8 Å². The molecule has 1 aliphatic heterocycles. The van der Waals surface area contributed by atoms with E-state index in [4.69, 9.17) is 4.74 Å². The molecule has 0 atom stereocenters. The number of nitrogens with zero attached hydrogens (tertiary/aromatic N) is 1. The minimum Gasteiger partial charge on any atom is -0.493 e. The molecule has 2 amide bonds. The van der Waals surface area contributed by atoms with Gasteiger partial charge in [0.15, 0.2) is 0 Å². The third-order valence-corrected chi connectivity index (χ3v) is 4.29. The highest BCUT2D eigenvalue weighted by Crippen LogP contribution is 2.39. The van der Waals surface area contributed by atoms with Crippen LogP contribution >= 0.6 is 0 Å². The summed E-state index contributed by atoms with van der Waals surface area (Å²) in [6, 6.07) is 10.8. The molecule has 7 nitrogen and oxygen atoms in total. The number of amides is 2. The summed E-state index contributed by atoms with van der Waals surface area (Å²) in [7, 11) is 0. The molecule has 2 aromatic carbocycles. The van der Waals surface area contributed by atoms with Crippen LogP contribution in [0.25, 0.3) is 0 Å². The van der Waals surface area contributed by atoms with Crippen LogP contribution in [-0.4, -0.2) is 17.6 Å². The van der Waals surface area contributed by atoms with Crippen molar-refractivity contribution in [3.05, 3.63) is 58.1 Å². The number of hydrogen-bond acceptors (Lipinski definition) is 4. The maximum Gasteiger partial charge on any atom is 0.323 e.